The maximum absolute atomic E-state index is 10.6. The molecule has 13 N–H and O–H groups in total. The minimum Gasteiger partial charge on any atom is -0.396 e. The maximum Gasteiger partial charge on any atom is 0.173 e. The fourth-order valence-corrected chi connectivity index (χ4v) is 19.2. The highest BCUT2D eigenvalue weighted by Gasteiger charge is 2.66. The van der Waals surface area contributed by atoms with E-state index in [-0.39, 0.29) is 31.9 Å². The van der Waals surface area contributed by atoms with Crippen LogP contribution in [0.1, 0.15) is 127 Å². The highest BCUT2D eigenvalue weighted by Crippen LogP contribution is 2.65. The first-order valence-electron chi connectivity index (χ1n) is 43.9. The van der Waals surface area contributed by atoms with Gasteiger partial charge in [0.2, 0.25) is 0 Å². The molecule has 0 radical (unpaired) electrons. The lowest BCUT2D eigenvalue weighted by atomic mass is 9.92. The van der Waals surface area contributed by atoms with Gasteiger partial charge in [-0.3, -0.25) is 24.9 Å². The van der Waals surface area contributed by atoms with Crippen LogP contribution < -0.4 is 57.7 Å². The normalized spacial score (nSPS) is 18.6. The van der Waals surface area contributed by atoms with Crippen molar-refractivity contribution in [1.29, 1.82) is 0 Å². The summed E-state index contributed by atoms with van der Waals surface area (Å²) in [5.41, 5.74) is 14.3. The molecule has 2 saturated carbocycles. The van der Waals surface area contributed by atoms with Crippen LogP contribution in [0.25, 0.3) is 28.2 Å². The van der Waals surface area contributed by atoms with Crippen molar-refractivity contribution in [1.82, 2.24) is 97.9 Å². The molecule has 15 aromatic rings. The van der Waals surface area contributed by atoms with Crippen LogP contribution in [0.5, 0.6) is 0 Å². The summed E-state index contributed by atoms with van der Waals surface area (Å²) in [4.78, 5) is 51.3. The minimum absolute atomic E-state index is 0.00125. The molecule has 0 spiro atoms. The third-order valence-electron chi connectivity index (χ3n) is 24.4. The molecule has 35 nitrogen and oxygen atoms in total. The van der Waals surface area contributed by atoms with Crippen LogP contribution in [0.3, 0.4) is 0 Å². The zero-order valence-corrected chi connectivity index (χ0v) is 81.5. The Bertz CT molecular complexity index is 6300. The number of nitrogens with one attached hydrogen (secondary N) is 7. The number of fused-ring (bicyclic) bond motifs is 6. The molecule has 2 aliphatic carbocycles. The van der Waals surface area contributed by atoms with Crippen molar-refractivity contribution < 1.29 is 20.4 Å². The molecule has 0 unspecified atom stereocenters. The van der Waals surface area contributed by atoms with Crippen LogP contribution in [-0.2, 0) is 32.7 Å². The molecule has 0 amide bonds. The Hall–Kier alpha value is -11.0. The van der Waals surface area contributed by atoms with Gasteiger partial charge in [-0.15, -0.1) is 0 Å². The molecule has 20 rings (SSSR count). The van der Waals surface area contributed by atoms with E-state index >= 15 is 0 Å². The standard InChI is InChI=1S/C20H23BrN6O.C19H23BrN6O.C18H22BrN7.C18H21BrN6O.C16H19BrN6O/c1-20(2)13-10-26(15(11-28)18(13)20)17-6-16(23-8-12-4-3-5-22-7-12)27-19(25-17)14(21)9-24-27;1-19(2,27)15-6-4-8-25(15)17-9-16(22-11-13-5-3-7-21-10-13)26-18(24-17)14(20)12-23-26;19-15-11-23-26-17(22-10-12-2-1-7-21-9-12)8-16(25-18(15)26)24-14-5-3-13(20)4-6-14;19-15-12-22-25-16(21-11-13-3-1-6-20-10-13)9-17(23-18(15)25)24-7-2-4-14(24)5-8-26;1-16(2,10-24)22-13-6-14(19-8-11-4-3-5-18-7-11)23-15(21-13)12(17)9-20-23/h3-7,9,13,15,18,23,28H,8,10-11H2,1-2H3;3,5,7,9-10,12,15,22,27H,4,6,8,11H2,1-2H3;1-2,7-9,11,13-14,22H,3-6,10,20H2,(H,24,25);1,3,6,9-10,12,14,21,26H,2,4-5,7-8,11H2;3-7,9,19,24H,8,10H2,1-2H3,(H,21,22)/t13-,15+,18-;15-;;14-;/m00.0./s1. The summed E-state index contributed by atoms with van der Waals surface area (Å²) in [6.45, 7) is 18.5. The predicted molar refractivity (Wildman–Crippen MR) is 528 cm³/mol. The number of rotatable bonds is 27. The summed E-state index contributed by atoms with van der Waals surface area (Å²) in [6, 6.07) is 31.0. The molecule has 686 valence electrons. The average Bonchev–Trinajstić information content (AvgIpc) is 1.52. The Balaban J connectivity index is 0.000000120. The number of nitrogens with zero attached hydrogens (tertiary/aromatic N) is 23. The molecule has 18 heterocycles. The van der Waals surface area contributed by atoms with E-state index in [9.17, 15) is 20.4 Å². The van der Waals surface area contributed by atoms with E-state index in [1.165, 1.54) is 0 Å². The van der Waals surface area contributed by atoms with Crippen molar-refractivity contribution in [3.8, 4) is 0 Å². The Morgan fingerprint density at radius 2 is 0.802 bits per heavy atom. The third kappa shape index (κ3) is 22.4. The topological polar surface area (TPSA) is 416 Å². The van der Waals surface area contributed by atoms with Gasteiger partial charge >= 0.3 is 0 Å². The molecule has 5 atom stereocenters. The average molecular weight is 2100 g/mol. The number of aliphatic hydroxyl groups excluding tert-OH is 3. The van der Waals surface area contributed by atoms with E-state index in [1.54, 1.807) is 80.0 Å². The number of nitrogens with two attached hydrogens (primary N) is 1. The number of pyridine rings is 5. The van der Waals surface area contributed by atoms with Crippen molar-refractivity contribution >= 4 is 166 Å². The van der Waals surface area contributed by atoms with Crippen molar-refractivity contribution in [3.63, 3.8) is 0 Å². The van der Waals surface area contributed by atoms with Gasteiger partial charge in [0, 0.05) is 169 Å². The molecule has 40 heteroatoms. The van der Waals surface area contributed by atoms with E-state index < -0.39 is 11.1 Å². The SMILES string of the molecule is CC(C)(CO)Nc1cc(NCc2cccnc2)n2ncc(Br)c2n1.CC(C)(O)[C@@H]1CCCN1c1cc(NCc2cccnc2)n2ncc(Br)c2n1.CC1(C)[C@@H]2[C@@H](CO)N(c3cc(NCc4cccnc4)n4ncc(Br)c4n3)C[C@@H]21.NC1CCC(Nc2cc(NCc3cccnc3)n3ncc(Br)c3n2)CC1.OCC[C@@H]1CCCN1c1cc(NCc2cccnc2)n2ncc(Br)c2n1. The number of anilines is 10. The summed E-state index contributed by atoms with van der Waals surface area (Å²) in [7, 11) is 0. The van der Waals surface area contributed by atoms with Crippen LogP contribution in [0.15, 0.2) is 206 Å². The molecule has 15 aromatic heterocycles. The van der Waals surface area contributed by atoms with Crippen LogP contribution in [-0.4, -0.2) is 199 Å². The first-order valence-corrected chi connectivity index (χ1v) is 47.8. The van der Waals surface area contributed by atoms with E-state index in [1.807, 2.05) is 154 Å². The van der Waals surface area contributed by atoms with Crippen molar-refractivity contribution in [2.45, 2.75) is 173 Å². The lowest BCUT2D eigenvalue weighted by Gasteiger charge is -2.34. The van der Waals surface area contributed by atoms with Crippen LogP contribution in [0.2, 0.25) is 0 Å². The van der Waals surface area contributed by atoms with E-state index in [0.717, 1.165) is 203 Å². The number of aromatic nitrogens is 20. The van der Waals surface area contributed by atoms with Crippen molar-refractivity contribution in [2.24, 2.45) is 23.0 Å². The van der Waals surface area contributed by atoms with Gasteiger partial charge in [0.1, 0.15) is 58.2 Å². The molecule has 131 heavy (non-hydrogen) atoms. The molecular formula is C91H108Br5N31O4. The minimum atomic E-state index is -0.787. The van der Waals surface area contributed by atoms with Gasteiger partial charge in [-0.25, -0.2) is 24.9 Å². The van der Waals surface area contributed by atoms with Gasteiger partial charge < -0.3 is 78.1 Å². The number of aliphatic hydroxyl groups is 4. The van der Waals surface area contributed by atoms with Gasteiger partial charge in [0.05, 0.1) is 89.8 Å². The number of hydrogen-bond acceptors (Lipinski definition) is 30. The monoisotopic (exact) mass is 2090 g/mol. The molecule has 5 aliphatic rings. The van der Waals surface area contributed by atoms with Crippen molar-refractivity contribution in [3.05, 3.63) is 234 Å². The lowest BCUT2D eigenvalue weighted by Crippen LogP contribution is -2.46. The van der Waals surface area contributed by atoms with Crippen LogP contribution in [0, 0.1) is 17.3 Å². The van der Waals surface area contributed by atoms with Gasteiger partial charge in [-0.2, -0.15) is 48.1 Å². The zero-order valence-electron chi connectivity index (χ0n) is 73.5. The summed E-state index contributed by atoms with van der Waals surface area (Å²) < 4.78 is 13.2. The molecule has 3 saturated heterocycles. The molecule has 0 bridgehead atoms. The fraction of sp³-hybridized carbons (Fsp3) is 0.396. The summed E-state index contributed by atoms with van der Waals surface area (Å²) in [5.74, 6) is 9.59. The quantitative estimate of drug-likeness (QED) is 0.0227. The van der Waals surface area contributed by atoms with E-state index in [4.69, 9.17) is 25.7 Å². The fourth-order valence-electron chi connectivity index (χ4n) is 17.5. The molecule has 5 fully saturated rings. The van der Waals surface area contributed by atoms with E-state index in [0.29, 0.717) is 79.6 Å². The second kappa shape index (κ2) is 41.9. The highest BCUT2D eigenvalue weighted by molar-refractivity contribution is 9.11. The summed E-state index contributed by atoms with van der Waals surface area (Å²) in [6.07, 6.45) is 36.0. The van der Waals surface area contributed by atoms with Crippen molar-refractivity contribution in [2.75, 3.05) is 91.4 Å². The van der Waals surface area contributed by atoms with Gasteiger partial charge in [-0.1, -0.05) is 44.2 Å². The molecule has 3 aliphatic heterocycles. The Kier molecular flexibility index (Phi) is 29.8. The largest absolute Gasteiger partial charge is 0.396 e. The summed E-state index contributed by atoms with van der Waals surface area (Å²) in [5, 5.41) is 85.5. The predicted octanol–water partition coefficient (Wildman–Crippen LogP) is 14.9. The zero-order chi connectivity index (χ0) is 91.5. The lowest BCUT2D eigenvalue weighted by molar-refractivity contribution is 0.0533. The number of piperidine rings is 1. The Morgan fingerprint density at radius 3 is 1.18 bits per heavy atom. The second-order valence-corrected chi connectivity index (χ2v) is 39.3. The third-order valence-corrected chi connectivity index (χ3v) is 27.2. The van der Waals surface area contributed by atoms with Crippen LogP contribution >= 0.6 is 79.6 Å². The van der Waals surface area contributed by atoms with Crippen LogP contribution in [0.4, 0.5) is 58.2 Å². The van der Waals surface area contributed by atoms with E-state index in [2.05, 4.69) is 201 Å². The number of hydrogen-bond donors (Lipinski definition) is 12. The summed E-state index contributed by atoms with van der Waals surface area (Å²) >= 11 is 17.6. The maximum atomic E-state index is 10.6. The smallest absolute Gasteiger partial charge is 0.173 e. The molecule has 0 aromatic carbocycles. The van der Waals surface area contributed by atoms with Gasteiger partial charge in [0.15, 0.2) is 28.2 Å². The number of halogens is 5. The second-order valence-electron chi connectivity index (χ2n) is 35.1. The first kappa shape index (κ1) is 93.3. The Labute approximate surface area is 800 Å². The Morgan fingerprint density at radius 1 is 0.443 bits per heavy atom. The van der Waals surface area contributed by atoms with Gasteiger partial charge in [-0.05, 0) is 241 Å². The first-order chi connectivity index (χ1) is 63.4. The molecular weight excluding hydrogens is 1990 g/mol. The highest BCUT2D eigenvalue weighted by atomic mass is 79.9. The van der Waals surface area contributed by atoms with Gasteiger partial charge in [0.25, 0.3) is 0 Å².